The monoisotopic (exact) mass is 297 g/mol. The molecule has 0 saturated carbocycles. The highest BCUT2D eigenvalue weighted by Crippen LogP contribution is 2.31. The van der Waals surface area contributed by atoms with Crippen LogP contribution in [-0.2, 0) is 14.3 Å². The molecule has 2 atom stereocenters. The maximum atomic E-state index is 11.9. The van der Waals surface area contributed by atoms with Crippen LogP contribution in [0.15, 0.2) is 23.8 Å². The SMILES string of the molecule is CC(C)(C)OC(=O)NC1(C)C(C(=O)O)=CC=CC1C(=O)O. The lowest BCUT2D eigenvalue weighted by Gasteiger charge is -2.37. The molecule has 0 aliphatic heterocycles. The highest BCUT2D eigenvalue weighted by Gasteiger charge is 2.46. The highest BCUT2D eigenvalue weighted by atomic mass is 16.6. The number of rotatable bonds is 3. The second-order valence-electron chi connectivity index (χ2n) is 5.92. The van der Waals surface area contributed by atoms with E-state index < -0.39 is 35.1 Å². The topological polar surface area (TPSA) is 113 Å². The normalized spacial score (nSPS) is 25.0. The van der Waals surface area contributed by atoms with Gasteiger partial charge in [0.15, 0.2) is 0 Å². The number of hydrogen-bond acceptors (Lipinski definition) is 4. The summed E-state index contributed by atoms with van der Waals surface area (Å²) >= 11 is 0. The first-order chi connectivity index (χ1) is 9.47. The maximum Gasteiger partial charge on any atom is 0.408 e. The zero-order chi connectivity index (χ0) is 16.4. The molecule has 0 spiro atoms. The summed E-state index contributed by atoms with van der Waals surface area (Å²) in [6, 6.07) is 0. The van der Waals surface area contributed by atoms with Crippen molar-refractivity contribution < 1.29 is 29.3 Å². The number of ether oxygens (including phenoxy) is 1. The molecule has 0 bridgehead atoms. The fraction of sp³-hybridized carbons (Fsp3) is 0.500. The molecule has 0 aromatic carbocycles. The van der Waals surface area contributed by atoms with Gasteiger partial charge >= 0.3 is 18.0 Å². The molecule has 21 heavy (non-hydrogen) atoms. The Bertz CT molecular complexity index is 528. The minimum atomic E-state index is -1.60. The summed E-state index contributed by atoms with van der Waals surface area (Å²) in [4.78, 5) is 34.6. The first-order valence-electron chi connectivity index (χ1n) is 6.33. The lowest BCUT2D eigenvalue weighted by atomic mass is 9.76. The quantitative estimate of drug-likeness (QED) is 0.728. The van der Waals surface area contributed by atoms with E-state index in [0.29, 0.717) is 0 Å². The van der Waals surface area contributed by atoms with Crippen LogP contribution in [-0.4, -0.2) is 39.4 Å². The molecule has 1 aliphatic rings. The number of nitrogens with one attached hydrogen (secondary N) is 1. The predicted molar refractivity (Wildman–Crippen MR) is 73.8 cm³/mol. The lowest BCUT2D eigenvalue weighted by molar-refractivity contribution is -0.142. The molecule has 0 radical (unpaired) electrons. The van der Waals surface area contributed by atoms with Gasteiger partial charge in [-0.25, -0.2) is 9.59 Å². The van der Waals surface area contributed by atoms with Crippen molar-refractivity contribution in [1.82, 2.24) is 5.32 Å². The summed E-state index contributed by atoms with van der Waals surface area (Å²) in [5, 5.41) is 20.9. The minimum absolute atomic E-state index is 0.219. The Kier molecular flexibility index (Phi) is 4.46. The van der Waals surface area contributed by atoms with Gasteiger partial charge in [-0.3, -0.25) is 4.79 Å². The molecule has 0 fully saturated rings. The van der Waals surface area contributed by atoms with Gasteiger partial charge < -0.3 is 20.3 Å². The van der Waals surface area contributed by atoms with Gasteiger partial charge in [-0.1, -0.05) is 12.2 Å². The first-order valence-corrected chi connectivity index (χ1v) is 6.33. The van der Waals surface area contributed by atoms with Crippen LogP contribution < -0.4 is 5.32 Å². The zero-order valence-corrected chi connectivity index (χ0v) is 12.3. The largest absolute Gasteiger partial charge is 0.481 e. The van der Waals surface area contributed by atoms with Crippen molar-refractivity contribution in [2.75, 3.05) is 0 Å². The number of carbonyl (C=O) groups excluding carboxylic acids is 1. The van der Waals surface area contributed by atoms with Crippen LogP contribution in [0, 0.1) is 5.92 Å². The standard InChI is InChI=1S/C14H19NO6/c1-13(2,3)21-12(20)15-14(4)8(10(16)17)6-5-7-9(14)11(18)19/h5-8H,1-4H3,(H,15,20)(H,16,17)(H,18,19). The van der Waals surface area contributed by atoms with Crippen LogP contribution >= 0.6 is 0 Å². The third-order valence-corrected chi connectivity index (χ3v) is 3.01. The Hall–Kier alpha value is -2.31. The lowest BCUT2D eigenvalue weighted by Crippen LogP contribution is -2.57. The fourth-order valence-electron chi connectivity index (χ4n) is 2.08. The molecule has 0 heterocycles. The van der Waals surface area contributed by atoms with Crippen LogP contribution in [0.4, 0.5) is 4.79 Å². The van der Waals surface area contributed by atoms with E-state index in [9.17, 15) is 24.6 Å². The molecule has 3 N–H and O–H groups in total. The summed E-state index contributed by atoms with van der Waals surface area (Å²) < 4.78 is 5.07. The summed E-state index contributed by atoms with van der Waals surface area (Å²) in [6.45, 7) is 6.30. The molecule has 1 amide bonds. The summed E-state index contributed by atoms with van der Waals surface area (Å²) in [6.07, 6.45) is 3.06. The van der Waals surface area contributed by atoms with Crippen molar-refractivity contribution in [1.29, 1.82) is 0 Å². The van der Waals surface area contributed by atoms with Crippen LogP contribution in [0.5, 0.6) is 0 Å². The molecule has 1 rings (SSSR count). The van der Waals surface area contributed by atoms with E-state index in [1.807, 2.05) is 0 Å². The van der Waals surface area contributed by atoms with E-state index in [4.69, 9.17) is 4.74 Å². The first kappa shape index (κ1) is 16.7. The van der Waals surface area contributed by atoms with Gasteiger partial charge in [-0.2, -0.15) is 0 Å². The molecular weight excluding hydrogens is 278 g/mol. The maximum absolute atomic E-state index is 11.9. The number of aliphatic carboxylic acids is 2. The number of allylic oxidation sites excluding steroid dienone is 2. The van der Waals surface area contributed by atoms with E-state index in [1.165, 1.54) is 25.2 Å². The molecule has 1 aliphatic carbocycles. The smallest absolute Gasteiger partial charge is 0.408 e. The Balaban J connectivity index is 3.13. The minimum Gasteiger partial charge on any atom is -0.481 e. The van der Waals surface area contributed by atoms with Crippen molar-refractivity contribution in [3.63, 3.8) is 0 Å². The third-order valence-electron chi connectivity index (χ3n) is 3.01. The van der Waals surface area contributed by atoms with E-state index >= 15 is 0 Å². The van der Waals surface area contributed by atoms with Crippen LogP contribution in [0.3, 0.4) is 0 Å². The van der Waals surface area contributed by atoms with Crippen molar-refractivity contribution >= 4 is 18.0 Å². The number of carbonyl (C=O) groups is 3. The molecule has 7 heteroatoms. The fourth-order valence-corrected chi connectivity index (χ4v) is 2.08. The van der Waals surface area contributed by atoms with Gasteiger partial charge in [0.05, 0.1) is 11.1 Å². The Morgan fingerprint density at radius 3 is 2.29 bits per heavy atom. The number of amides is 1. The van der Waals surface area contributed by atoms with E-state index in [2.05, 4.69) is 5.32 Å². The van der Waals surface area contributed by atoms with Crippen molar-refractivity contribution in [3.05, 3.63) is 23.8 Å². The number of hydrogen-bond donors (Lipinski definition) is 3. The van der Waals surface area contributed by atoms with Crippen LogP contribution in [0.1, 0.15) is 27.7 Å². The van der Waals surface area contributed by atoms with Gasteiger partial charge in [0.25, 0.3) is 0 Å². The molecule has 0 saturated heterocycles. The average Bonchev–Trinajstić information content (AvgIpc) is 2.24. The average molecular weight is 297 g/mol. The van der Waals surface area contributed by atoms with E-state index in [0.717, 1.165) is 0 Å². The van der Waals surface area contributed by atoms with Gasteiger partial charge in [0.2, 0.25) is 0 Å². The van der Waals surface area contributed by atoms with Gasteiger partial charge in [-0.05, 0) is 33.8 Å². The van der Waals surface area contributed by atoms with Gasteiger partial charge in [-0.15, -0.1) is 0 Å². The highest BCUT2D eigenvalue weighted by molar-refractivity contribution is 5.94. The van der Waals surface area contributed by atoms with Crippen molar-refractivity contribution in [2.45, 2.75) is 38.8 Å². The second-order valence-corrected chi connectivity index (χ2v) is 5.92. The van der Waals surface area contributed by atoms with Crippen LogP contribution in [0.2, 0.25) is 0 Å². The van der Waals surface area contributed by atoms with E-state index in [1.54, 1.807) is 20.8 Å². The Morgan fingerprint density at radius 1 is 1.29 bits per heavy atom. The van der Waals surface area contributed by atoms with Gasteiger partial charge in [0, 0.05) is 0 Å². The molecule has 2 unspecified atom stereocenters. The zero-order valence-electron chi connectivity index (χ0n) is 12.3. The summed E-state index contributed by atoms with van der Waals surface area (Å²) in [5.41, 5.74) is -2.60. The molecule has 0 aromatic heterocycles. The Labute approximate surface area is 122 Å². The van der Waals surface area contributed by atoms with Crippen molar-refractivity contribution in [3.8, 4) is 0 Å². The number of carboxylic acid groups (broad SMARTS) is 2. The molecular formula is C14H19NO6. The van der Waals surface area contributed by atoms with Gasteiger partial charge in [0.1, 0.15) is 11.5 Å². The van der Waals surface area contributed by atoms with E-state index in [-0.39, 0.29) is 5.57 Å². The van der Waals surface area contributed by atoms with Crippen molar-refractivity contribution in [2.24, 2.45) is 5.92 Å². The third kappa shape index (κ3) is 3.84. The Morgan fingerprint density at radius 2 is 1.86 bits per heavy atom. The summed E-state index contributed by atoms with van der Waals surface area (Å²) in [7, 11) is 0. The molecule has 7 nitrogen and oxygen atoms in total. The molecule has 0 aromatic rings. The predicted octanol–water partition coefficient (Wildman–Crippen LogP) is 1.55. The number of carboxylic acids is 2. The summed E-state index contributed by atoms with van der Waals surface area (Å²) in [5.74, 6) is -3.75. The second kappa shape index (κ2) is 5.59. The number of alkyl carbamates (subject to hydrolysis) is 1. The van der Waals surface area contributed by atoms with Crippen LogP contribution in [0.25, 0.3) is 0 Å². The molecule has 116 valence electrons.